The van der Waals surface area contributed by atoms with Crippen molar-refractivity contribution >= 4 is 28.9 Å². The van der Waals surface area contributed by atoms with Crippen LogP contribution in [0.3, 0.4) is 0 Å². The highest BCUT2D eigenvalue weighted by molar-refractivity contribution is 6.31. The van der Waals surface area contributed by atoms with E-state index in [4.69, 9.17) is 16.3 Å². The van der Waals surface area contributed by atoms with Gasteiger partial charge in [0.1, 0.15) is 18.1 Å². The Hall–Kier alpha value is -2.71. The molecule has 0 saturated carbocycles. The molecule has 144 valence electrons. The van der Waals surface area contributed by atoms with Crippen LogP contribution in [-0.2, 0) is 11.3 Å². The zero-order valence-corrected chi connectivity index (χ0v) is 15.8. The van der Waals surface area contributed by atoms with Crippen LogP contribution in [0.15, 0.2) is 36.4 Å². The number of nitrogens with one attached hydrogen (secondary N) is 2. The maximum Gasteiger partial charge on any atom is 0.282 e. The van der Waals surface area contributed by atoms with Crippen LogP contribution in [0.4, 0.5) is 15.8 Å². The monoisotopic (exact) mass is 396 g/mol. The van der Waals surface area contributed by atoms with Crippen LogP contribution in [0, 0.1) is 15.9 Å². The zero-order valence-electron chi connectivity index (χ0n) is 15.1. The number of hydrogen-bond donors (Lipinski definition) is 2. The average molecular weight is 397 g/mol. The van der Waals surface area contributed by atoms with Crippen molar-refractivity contribution in [1.29, 1.82) is 0 Å². The van der Waals surface area contributed by atoms with E-state index in [2.05, 4.69) is 5.32 Å². The van der Waals surface area contributed by atoms with E-state index < -0.39 is 22.7 Å². The van der Waals surface area contributed by atoms with Gasteiger partial charge in [-0.25, -0.2) is 4.39 Å². The molecule has 0 fully saturated rings. The number of non-ortho nitro benzene ring substituents is 1. The maximum absolute atomic E-state index is 14.0. The highest BCUT2D eigenvalue weighted by Crippen LogP contribution is 2.28. The minimum Gasteiger partial charge on any atom is -0.495 e. The standard InChI is InChI=1S/C18H19ClFN3O4/c1-11(22(2)10-13-14(19)5-4-6-15(13)20)18(24)21-16-9-12(23(25)26)7-8-17(16)27-3/h4-9,11H,10H2,1-3H3,(H,21,24)/p+1/t11-/m0/s1. The number of halogens is 2. The van der Waals surface area contributed by atoms with Gasteiger partial charge in [-0.05, 0) is 25.1 Å². The third kappa shape index (κ3) is 4.93. The summed E-state index contributed by atoms with van der Waals surface area (Å²) in [6, 6.07) is 7.76. The summed E-state index contributed by atoms with van der Waals surface area (Å²) in [6.45, 7) is 1.87. The van der Waals surface area contributed by atoms with Crippen LogP contribution >= 0.6 is 11.6 Å². The molecule has 0 saturated heterocycles. The number of anilines is 1. The third-order valence-electron chi connectivity index (χ3n) is 4.30. The van der Waals surface area contributed by atoms with Gasteiger partial charge in [-0.15, -0.1) is 0 Å². The molecule has 2 rings (SSSR count). The lowest BCUT2D eigenvalue weighted by molar-refractivity contribution is -0.908. The number of nitrogens with zero attached hydrogens (tertiary/aromatic N) is 1. The topological polar surface area (TPSA) is 85.9 Å². The van der Waals surface area contributed by atoms with Gasteiger partial charge >= 0.3 is 0 Å². The van der Waals surface area contributed by atoms with E-state index in [1.165, 1.54) is 37.4 Å². The second kappa shape index (κ2) is 8.79. The molecule has 2 aromatic carbocycles. The van der Waals surface area contributed by atoms with Crippen molar-refractivity contribution < 1.29 is 23.7 Å². The molecule has 7 nitrogen and oxygen atoms in total. The molecule has 0 heterocycles. The first-order valence-electron chi connectivity index (χ1n) is 8.13. The quantitative estimate of drug-likeness (QED) is 0.556. The Morgan fingerprint density at radius 2 is 2.11 bits per heavy atom. The van der Waals surface area contributed by atoms with Gasteiger partial charge in [0, 0.05) is 12.1 Å². The summed E-state index contributed by atoms with van der Waals surface area (Å²) in [6.07, 6.45) is 0. The lowest BCUT2D eigenvalue weighted by Gasteiger charge is -2.22. The number of ether oxygens (including phenoxy) is 1. The molecule has 9 heteroatoms. The third-order valence-corrected chi connectivity index (χ3v) is 4.66. The number of hydrogen-bond acceptors (Lipinski definition) is 4. The first kappa shape index (κ1) is 20.6. The summed E-state index contributed by atoms with van der Waals surface area (Å²) < 4.78 is 19.1. The van der Waals surface area contributed by atoms with E-state index in [1.807, 2.05) is 0 Å². The lowest BCUT2D eigenvalue weighted by Crippen LogP contribution is -3.12. The van der Waals surface area contributed by atoms with Gasteiger partial charge < -0.3 is 15.0 Å². The summed E-state index contributed by atoms with van der Waals surface area (Å²) in [7, 11) is 3.13. The van der Waals surface area contributed by atoms with Gasteiger partial charge in [0.2, 0.25) is 0 Å². The van der Waals surface area contributed by atoms with Crippen LogP contribution in [-0.4, -0.2) is 31.0 Å². The fourth-order valence-corrected chi connectivity index (χ4v) is 2.73. The fourth-order valence-electron chi connectivity index (χ4n) is 2.51. The predicted molar refractivity (Wildman–Crippen MR) is 99.7 cm³/mol. The summed E-state index contributed by atoms with van der Waals surface area (Å²) in [4.78, 5) is 23.7. The maximum atomic E-state index is 14.0. The van der Waals surface area contributed by atoms with Crippen molar-refractivity contribution in [1.82, 2.24) is 0 Å². The number of amides is 1. The Morgan fingerprint density at radius 1 is 1.41 bits per heavy atom. The molecular weight excluding hydrogens is 377 g/mol. The van der Waals surface area contributed by atoms with Crippen molar-refractivity contribution in [3.05, 3.63) is 62.9 Å². The number of rotatable bonds is 7. The SMILES string of the molecule is COc1ccc([N+](=O)[O-])cc1NC(=O)[C@H](C)[NH+](C)Cc1c(F)cccc1Cl. The van der Waals surface area contributed by atoms with Crippen molar-refractivity contribution in [2.75, 3.05) is 19.5 Å². The molecule has 1 unspecified atom stereocenters. The second-order valence-corrected chi connectivity index (χ2v) is 6.48. The first-order valence-corrected chi connectivity index (χ1v) is 8.51. The smallest absolute Gasteiger partial charge is 0.282 e. The Balaban J connectivity index is 2.15. The minimum atomic E-state index is -0.579. The van der Waals surface area contributed by atoms with Gasteiger partial charge in [-0.3, -0.25) is 14.9 Å². The molecule has 2 N–H and O–H groups in total. The van der Waals surface area contributed by atoms with E-state index in [1.54, 1.807) is 20.0 Å². The number of carbonyl (C=O) groups excluding carboxylic acids is 1. The molecule has 0 aliphatic carbocycles. The van der Waals surface area contributed by atoms with E-state index >= 15 is 0 Å². The summed E-state index contributed by atoms with van der Waals surface area (Å²) in [5.41, 5.74) is 0.349. The Labute approximate surface area is 160 Å². The summed E-state index contributed by atoms with van der Waals surface area (Å²) in [5.74, 6) is -0.524. The second-order valence-electron chi connectivity index (χ2n) is 6.08. The number of nitro groups is 1. The van der Waals surface area contributed by atoms with Gasteiger partial charge in [-0.2, -0.15) is 0 Å². The molecule has 2 atom stereocenters. The Bertz CT molecular complexity index is 842. The van der Waals surface area contributed by atoms with Gasteiger partial charge in [0.05, 0.1) is 35.4 Å². The Morgan fingerprint density at radius 3 is 2.70 bits per heavy atom. The van der Waals surface area contributed by atoms with Crippen molar-refractivity contribution in [2.45, 2.75) is 19.5 Å². The number of likely N-dealkylation sites (N-methyl/N-ethyl adjacent to an activating group) is 1. The number of methoxy groups -OCH3 is 1. The van der Waals surface area contributed by atoms with Crippen LogP contribution in [0.5, 0.6) is 5.75 Å². The van der Waals surface area contributed by atoms with Crippen molar-refractivity contribution in [2.24, 2.45) is 0 Å². The minimum absolute atomic E-state index is 0.169. The molecule has 1 amide bonds. The van der Waals surface area contributed by atoms with Crippen LogP contribution in [0.25, 0.3) is 0 Å². The summed E-state index contributed by atoms with van der Waals surface area (Å²) in [5, 5.41) is 13.9. The number of nitro benzene ring substituents is 1. The van der Waals surface area contributed by atoms with Crippen molar-refractivity contribution in [3.8, 4) is 5.75 Å². The number of benzene rings is 2. The van der Waals surface area contributed by atoms with E-state index in [9.17, 15) is 19.3 Å². The fraction of sp³-hybridized carbons (Fsp3) is 0.278. The lowest BCUT2D eigenvalue weighted by atomic mass is 10.1. The molecule has 0 radical (unpaired) electrons. The zero-order chi connectivity index (χ0) is 20.1. The van der Waals surface area contributed by atoms with Gasteiger partial charge in [0.15, 0.2) is 6.04 Å². The molecular formula is C18H20ClFN3O4+. The first-order chi connectivity index (χ1) is 12.7. The normalized spacial score (nSPS) is 12.9. The molecule has 27 heavy (non-hydrogen) atoms. The van der Waals surface area contributed by atoms with E-state index in [0.717, 1.165) is 0 Å². The molecule has 0 aromatic heterocycles. The highest BCUT2D eigenvalue weighted by atomic mass is 35.5. The highest BCUT2D eigenvalue weighted by Gasteiger charge is 2.25. The van der Waals surface area contributed by atoms with Crippen molar-refractivity contribution in [3.63, 3.8) is 0 Å². The van der Waals surface area contributed by atoms with Crippen LogP contribution in [0.2, 0.25) is 5.02 Å². The van der Waals surface area contributed by atoms with Gasteiger partial charge in [0.25, 0.3) is 11.6 Å². The van der Waals surface area contributed by atoms with Crippen LogP contribution in [0.1, 0.15) is 12.5 Å². The average Bonchev–Trinajstić information content (AvgIpc) is 2.63. The van der Waals surface area contributed by atoms with Gasteiger partial charge in [-0.1, -0.05) is 17.7 Å². The van der Waals surface area contributed by atoms with E-state index in [0.29, 0.717) is 21.2 Å². The number of carbonyl (C=O) groups is 1. The van der Waals surface area contributed by atoms with Crippen LogP contribution < -0.4 is 15.0 Å². The molecule has 0 aliphatic heterocycles. The summed E-state index contributed by atoms with van der Waals surface area (Å²) >= 11 is 6.04. The molecule has 0 bridgehead atoms. The number of quaternary nitrogens is 1. The Kier molecular flexibility index (Phi) is 6.70. The predicted octanol–water partition coefficient (Wildman–Crippen LogP) is 2.44. The molecule has 0 spiro atoms. The van der Waals surface area contributed by atoms with E-state index in [-0.39, 0.29) is 17.9 Å². The largest absolute Gasteiger partial charge is 0.495 e. The molecule has 2 aromatic rings. The molecule has 0 aliphatic rings.